The third-order valence-corrected chi connectivity index (χ3v) is 2.08. The Morgan fingerprint density at radius 2 is 2.07 bits per heavy atom. The lowest BCUT2D eigenvalue weighted by molar-refractivity contribution is 0.141. The summed E-state index contributed by atoms with van der Waals surface area (Å²) in [5.74, 6) is 4.86. The van der Waals surface area contributed by atoms with Gasteiger partial charge in [0.15, 0.2) is 0 Å². The van der Waals surface area contributed by atoms with Gasteiger partial charge in [-0.2, -0.15) is 0 Å². The number of nitrogens with zero attached hydrogens (tertiary/aromatic N) is 1. The summed E-state index contributed by atoms with van der Waals surface area (Å²) in [6, 6.07) is 4.05. The molecule has 0 spiro atoms. The van der Waals surface area contributed by atoms with E-state index in [1.807, 2.05) is 31.4 Å². The summed E-state index contributed by atoms with van der Waals surface area (Å²) in [5.41, 5.74) is 4.21. The van der Waals surface area contributed by atoms with Crippen LogP contribution in [0.15, 0.2) is 12.1 Å². The van der Waals surface area contributed by atoms with Crippen LogP contribution < -0.4 is 11.3 Å². The van der Waals surface area contributed by atoms with Crippen molar-refractivity contribution < 1.29 is 9.53 Å². The minimum absolute atomic E-state index is 0.319. The number of nitrogens with two attached hydrogens (primary N) is 1. The van der Waals surface area contributed by atoms with Crippen LogP contribution in [0.4, 0.5) is 4.79 Å². The molecule has 0 aliphatic carbocycles. The molecule has 0 saturated carbocycles. The number of hydrogen-bond donors (Lipinski definition) is 2. The van der Waals surface area contributed by atoms with Crippen LogP contribution in [0.3, 0.4) is 0 Å². The van der Waals surface area contributed by atoms with Gasteiger partial charge in [0.25, 0.3) is 0 Å². The summed E-state index contributed by atoms with van der Waals surface area (Å²) in [6.45, 7) is 4.99. The van der Waals surface area contributed by atoms with Gasteiger partial charge in [0.05, 0.1) is 6.54 Å². The highest BCUT2D eigenvalue weighted by molar-refractivity contribution is 5.66. The molecule has 5 heteroatoms. The highest BCUT2D eigenvalue weighted by Gasteiger charge is 2.02. The average Bonchev–Trinajstić information content (AvgIpc) is 2.48. The first-order valence-electron chi connectivity index (χ1n) is 4.41. The predicted octanol–water partition coefficient (Wildman–Crippen LogP) is 0.705. The van der Waals surface area contributed by atoms with Crippen LogP contribution in [-0.4, -0.2) is 17.3 Å². The van der Waals surface area contributed by atoms with Gasteiger partial charge in [-0.15, -0.1) is 0 Å². The van der Waals surface area contributed by atoms with Crippen molar-refractivity contribution >= 4 is 6.09 Å². The second-order valence-corrected chi connectivity index (χ2v) is 3.05. The van der Waals surface area contributed by atoms with Gasteiger partial charge in [-0.05, 0) is 26.0 Å². The molecule has 14 heavy (non-hydrogen) atoms. The number of rotatable bonds is 3. The molecule has 1 aromatic rings. The van der Waals surface area contributed by atoms with Crippen LogP contribution >= 0.6 is 0 Å². The molecule has 1 amide bonds. The van der Waals surface area contributed by atoms with E-state index < -0.39 is 6.09 Å². The Bertz CT molecular complexity index is 300. The van der Waals surface area contributed by atoms with E-state index in [-0.39, 0.29) is 0 Å². The van der Waals surface area contributed by atoms with Gasteiger partial charge >= 0.3 is 6.09 Å². The minimum Gasteiger partial charge on any atom is -0.447 e. The molecule has 1 rings (SSSR count). The Labute approximate surface area is 82.8 Å². The Hall–Kier alpha value is -1.49. The van der Waals surface area contributed by atoms with E-state index in [0.29, 0.717) is 13.2 Å². The molecule has 5 nitrogen and oxygen atoms in total. The van der Waals surface area contributed by atoms with Gasteiger partial charge in [-0.3, -0.25) is 5.43 Å². The third-order valence-electron chi connectivity index (χ3n) is 2.08. The summed E-state index contributed by atoms with van der Waals surface area (Å²) in [4.78, 5) is 10.6. The average molecular weight is 197 g/mol. The monoisotopic (exact) mass is 197 g/mol. The lowest BCUT2D eigenvalue weighted by Crippen LogP contribution is -2.31. The second-order valence-electron chi connectivity index (χ2n) is 3.05. The molecule has 0 fully saturated rings. The Morgan fingerprint density at radius 3 is 2.57 bits per heavy atom. The zero-order chi connectivity index (χ0) is 10.6. The summed E-state index contributed by atoms with van der Waals surface area (Å²) < 4.78 is 6.85. The number of nitrogens with one attached hydrogen (secondary N) is 1. The van der Waals surface area contributed by atoms with Crippen molar-refractivity contribution in [2.24, 2.45) is 5.84 Å². The van der Waals surface area contributed by atoms with Gasteiger partial charge in [0.2, 0.25) is 0 Å². The van der Waals surface area contributed by atoms with Crippen molar-refractivity contribution in [1.29, 1.82) is 0 Å². The van der Waals surface area contributed by atoms with E-state index in [1.54, 1.807) is 0 Å². The maximum absolute atomic E-state index is 10.6. The molecule has 0 aliphatic rings. The van der Waals surface area contributed by atoms with Crippen LogP contribution in [0.1, 0.15) is 11.4 Å². The zero-order valence-electron chi connectivity index (χ0n) is 8.41. The SMILES string of the molecule is Cc1ccc(C)n1CCOC(=O)NN. The molecule has 1 heterocycles. The van der Waals surface area contributed by atoms with Crippen LogP contribution in [0, 0.1) is 13.8 Å². The second kappa shape index (κ2) is 4.66. The van der Waals surface area contributed by atoms with Gasteiger partial charge in [0.1, 0.15) is 6.61 Å². The first-order valence-corrected chi connectivity index (χ1v) is 4.41. The van der Waals surface area contributed by atoms with Crippen molar-refractivity contribution in [1.82, 2.24) is 9.99 Å². The standard InChI is InChI=1S/C9H15N3O2/c1-7-3-4-8(2)12(7)5-6-14-9(13)11-10/h3-4H,5-6,10H2,1-2H3,(H,11,13). The zero-order valence-corrected chi connectivity index (χ0v) is 8.41. The number of carbonyl (C=O) groups excluding carboxylic acids is 1. The van der Waals surface area contributed by atoms with Crippen molar-refractivity contribution in [2.45, 2.75) is 20.4 Å². The molecule has 0 radical (unpaired) electrons. The number of hydrazine groups is 1. The predicted molar refractivity (Wildman–Crippen MR) is 52.6 cm³/mol. The molecule has 1 aromatic heterocycles. The van der Waals surface area contributed by atoms with Crippen LogP contribution in [0.5, 0.6) is 0 Å². The highest BCUT2D eigenvalue weighted by atomic mass is 16.5. The molecule has 78 valence electrons. The topological polar surface area (TPSA) is 69.3 Å². The number of amides is 1. The third kappa shape index (κ3) is 2.50. The van der Waals surface area contributed by atoms with Crippen molar-refractivity contribution in [3.8, 4) is 0 Å². The maximum atomic E-state index is 10.6. The summed E-state index contributed by atoms with van der Waals surface area (Å²) in [7, 11) is 0. The molecule has 0 unspecified atom stereocenters. The smallest absolute Gasteiger partial charge is 0.421 e. The quantitative estimate of drug-likeness (QED) is 0.426. The largest absolute Gasteiger partial charge is 0.447 e. The lowest BCUT2D eigenvalue weighted by Gasteiger charge is -2.09. The van der Waals surface area contributed by atoms with E-state index >= 15 is 0 Å². The van der Waals surface area contributed by atoms with Gasteiger partial charge < -0.3 is 9.30 Å². The Morgan fingerprint density at radius 1 is 1.50 bits per heavy atom. The molecular formula is C9H15N3O2. The van der Waals surface area contributed by atoms with Gasteiger partial charge in [0, 0.05) is 11.4 Å². The Balaban J connectivity index is 2.42. The first kappa shape index (κ1) is 10.6. The van der Waals surface area contributed by atoms with E-state index in [4.69, 9.17) is 10.6 Å². The van der Waals surface area contributed by atoms with E-state index in [9.17, 15) is 4.79 Å². The summed E-state index contributed by atoms with van der Waals surface area (Å²) in [6.07, 6.45) is -0.604. The van der Waals surface area contributed by atoms with Gasteiger partial charge in [-0.25, -0.2) is 10.6 Å². The summed E-state index contributed by atoms with van der Waals surface area (Å²) >= 11 is 0. The molecule has 0 bridgehead atoms. The molecule has 3 N–H and O–H groups in total. The van der Waals surface area contributed by atoms with Crippen LogP contribution in [-0.2, 0) is 11.3 Å². The maximum Gasteiger partial charge on any atom is 0.421 e. The molecular weight excluding hydrogens is 182 g/mol. The van der Waals surface area contributed by atoms with E-state index in [1.165, 1.54) is 0 Å². The molecule has 0 aromatic carbocycles. The fourth-order valence-electron chi connectivity index (χ4n) is 1.32. The number of ether oxygens (including phenoxy) is 1. The number of carbonyl (C=O) groups is 1. The van der Waals surface area contributed by atoms with E-state index in [2.05, 4.69) is 4.57 Å². The molecule has 0 aliphatic heterocycles. The number of aromatic nitrogens is 1. The first-order chi connectivity index (χ1) is 6.65. The fourth-order valence-corrected chi connectivity index (χ4v) is 1.32. The summed E-state index contributed by atoms with van der Waals surface area (Å²) in [5, 5.41) is 0. The number of aryl methyl sites for hydroxylation is 2. The fraction of sp³-hybridized carbons (Fsp3) is 0.444. The highest BCUT2D eigenvalue weighted by Crippen LogP contribution is 2.06. The van der Waals surface area contributed by atoms with Crippen molar-refractivity contribution in [3.05, 3.63) is 23.5 Å². The van der Waals surface area contributed by atoms with Crippen molar-refractivity contribution in [2.75, 3.05) is 6.61 Å². The number of hydrogen-bond acceptors (Lipinski definition) is 3. The van der Waals surface area contributed by atoms with E-state index in [0.717, 1.165) is 11.4 Å². The lowest BCUT2D eigenvalue weighted by atomic mass is 10.5. The molecule has 0 saturated heterocycles. The normalized spacial score (nSPS) is 9.93. The minimum atomic E-state index is -0.604. The van der Waals surface area contributed by atoms with Crippen LogP contribution in [0.25, 0.3) is 0 Å². The van der Waals surface area contributed by atoms with Crippen molar-refractivity contribution in [3.63, 3.8) is 0 Å². The van der Waals surface area contributed by atoms with Crippen LogP contribution in [0.2, 0.25) is 0 Å². The Kier molecular flexibility index (Phi) is 3.53. The van der Waals surface area contributed by atoms with Gasteiger partial charge in [-0.1, -0.05) is 0 Å². The molecule has 0 atom stereocenters.